The van der Waals surface area contributed by atoms with E-state index in [1.807, 2.05) is 29.8 Å². The number of nitrogens with zero attached hydrogens (tertiary/aromatic N) is 1. The van der Waals surface area contributed by atoms with Gasteiger partial charge >= 0.3 is 0 Å². The van der Waals surface area contributed by atoms with Crippen LogP contribution in [0.15, 0.2) is 22.9 Å². The second-order valence-electron chi connectivity index (χ2n) is 4.20. The van der Waals surface area contributed by atoms with Gasteiger partial charge in [-0.2, -0.15) is 5.26 Å². The van der Waals surface area contributed by atoms with E-state index >= 15 is 0 Å². The molecule has 0 saturated heterocycles. The van der Waals surface area contributed by atoms with Crippen LogP contribution in [0.5, 0.6) is 0 Å². The maximum absolute atomic E-state index is 9.23. The molecule has 3 aromatic heterocycles. The Labute approximate surface area is 133 Å². The molecule has 0 spiro atoms. The second-order valence-corrected chi connectivity index (χ2v) is 7.43. The van der Waals surface area contributed by atoms with Crippen molar-refractivity contribution in [3.8, 4) is 26.3 Å². The molecule has 0 aromatic carbocycles. The molecular formula is C14H9ClN2S3. The lowest BCUT2D eigenvalue weighted by atomic mass is 10.1. The average molecular weight is 337 g/mol. The van der Waals surface area contributed by atoms with Gasteiger partial charge in [0.25, 0.3) is 0 Å². The molecule has 0 atom stereocenters. The Balaban J connectivity index is 2.31. The summed E-state index contributed by atoms with van der Waals surface area (Å²) in [4.78, 5) is 3.60. The van der Waals surface area contributed by atoms with Gasteiger partial charge in [-0.1, -0.05) is 17.7 Å². The molecular weight excluding hydrogens is 328 g/mol. The Morgan fingerprint density at radius 2 is 2.10 bits per heavy atom. The molecule has 0 aliphatic carbocycles. The summed E-state index contributed by atoms with van der Waals surface area (Å²) in [6.07, 6.45) is 0. The van der Waals surface area contributed by atoms with Crippen LogP contribution in [0, 0.1) is 18.3 Å². The van der Waals surface area contributed by atoms with Gasteiger partial charge in [-0.15, -0.1) is 34.0 Å². The lowest BCUT2D eigenvalue weighted by Crippen LogP contribution is -1.87. The average Bonchev–Trinajstić information content (AvgIpc) is 3.12. The molecule has 0 unspecified atom stereocenters. The zero-order chi connectivity index (χ0) is 14.3. The van der Waals surface area contributed by atoms with Crippen LogP contribution in [0.4, 0.5) is 5.69 Å². The molecule has 0 amide bonds. The van der Waals surface area contributed by atoms with E-state index in [-0.39, 0.29) is 0 Å². The highest BCUT2D eigenvalue weighted by Crippen LogP contribution is 2.50. The lowest BCUT2D eigenvalue weighted by Gasteiger charge is -2.02. The first-order valence-corrected chi connectivity index (χ1v) is 8.69. The van der Waals surface area contributed by atoms with Gasteiger partial charge in [0.2, 0.25) is 0 Å². The molecule has 0 aliphatic rings. The summed E-state index contributed by atoms with van der Waals surface area (Å²) in [6.45, 7) is 1.98. The molecule has 0 aliphatic heterocycles. The van der Waals surface area contributed by atoms with Crippen LogP contribution in [0.1, 0.15) is 10.4 Å². The van der Waals surface area contributed by atoms with Gasteiger partial charge in [0, 0.05) is 10.4 Å². The number of aryl methyl sites for hydroxylation is 1. The van der Waals surface area contributed by atoms with Crippen molar-refractivity contribution >= 4 is 51.3 Å². The Hall–Kier alpha value is -1.32. The quantitative estimate of drug-likeness (QED) is 0.660. The van der Waals surface area contributed by atoms with Crippen LogP contribution in [0.25, 0.3) is 20.2 Å². The molecule has 2 nitrogen and oxygen atoms in total. The summed E-state index contributed by atoms with van der Waals surface area (Å²) >= 11 is 11.0. The SMILES string of the molecule is Cc1csc(-c2sc(C#N)c(N)c2-c2cccs2)c1Cl. The molecule has 3 heterocycles. The summed E-state index contributed by atoms with van der Waals surface area (Å²) in [5.74, 6) is 0. The van der Waals surface area contributed by atoms with Gasteiger partial charge in [-0.25, -0.2) is 0 Å². The third-order valence-corrected chi connectivity index (χ3v) is 6.78. The Bertz CT molecular complexity index is 806. The van der Waals surface area contributed by atoms with E-state index in [4.69, 9.17) is 17.3 Å². The first-order chi connectivity index (χ1) is 9.63. The number of nitriles is 1. The zero-order valence-corrected chi connectivity index (χ0v) is 13.6. The molecule has 2 N–H and O–H groups in total. The summed E-state index contributed by atoms with van der Waals surface area (Å²) in [7, 11) is 0. The molecule has 0 radical (unpaired) electrons. The number of anilines is 1. The minimum Gasteiger partial charge on any atom is -0.396 e. The van der Waals surface area contributed by atoms with E-state index in [0.29, 0.717) is 10.6 Å². The maximum Gasteiger partial charge on any atom is 0.129 e. The molecule has 0 fully saturated rings. The number of hydrogen-bond donors (Lipinski definition) is 1. The van der Waals surface area contributed by atoms with Gasteiger partial charge in [0.05, 0.1) is 20.5 Å². The summed E-state index contributed by atoms with van der Waals surface area (Å²) in [5, 5.41) is 14.0. The number of halogens is 1. The smallest absolute Gasteiger partial charge is 0.129 e. The van der Waals surface area contributed by atoms with Crippen molar-refractivity contribution in [3.63, 3.8) is 0 Å². The van der Waals surface area contributed by atoms with E-state index in [0.717, 1.165) is 30.8 Å². The third kappa shape index (κ3) is 2.05. The van der Waals surface area contributed by atoms with E-state index in [9.17, 15) is 5.26 Å². The fraction of sp³-hybridized carbons (Fsp3) is 0.0714. The van der Waals surface area contributed by atoms with Crippen molar-refractivity contribution in [2.45, 2.75) is 6.92 Å². The van der Waals surface area contributed by atoms with Crippen LogP contribution in [-0.4, -0.2) is 0 Å². The fourth-order valence-electron chi connectivity index (χ4n) is 1.94. The standard InChI is InChI=1S/C14H9ClN2S3/c1-7-6-19-14(11(7)15)13-10(8-3-2-4-18-8)12(17)9(5-16)20-13/h2-4,6H,17H2,1H3. The van der Waals surface area contributed by atoms with Gasteiger partial charge in [-0.3, -0.25) is 0 Å². The molecule has 20 heavy (non-hydrogen) atoms. The second kappa shape index (κ2) is 5.23. The van der Waals surface area contributed by atoms with E-state index < -0.39 is 0 Å². The van der Waals surface area contributed by atoms with Crippen LogP contribution in [0.3, 0.4) is 0 Å². The number of rotatable bonds is 2. The van der Waals surface area contributed by atoms with Crippen molar-refractivity contribution < 1.29 is 0 Å². The van der Waals surface area contributed by atoms with Gasteiger partial charge in [0.1, 0.15) is 10.9 Å². The maximum atomic E-state index is 9.23. The molecule has 0 bridgehead atoms. The minimum atomic E-state index is 0.547. The predicted octanol–water partition coefficient (Wildman–Crippen LogP) is 5.62. The minimum absolute atomic E-state index is 0.547. The number of nitrogen functional groups attached to an aromatic ring is 1. The molecule has 100 valence electrons. The van der Waals surface area contributed by atoms with E-state index in [2.05, 4.69) is 6.07 Å². The number of nitrogens with two attached hydrogens (primary N) is 1. The monoisotopic (exact) mass is 336 g/mol. The first kappa shape index (κ1) is 13.7. The van der Waals surface area contributed by atoms with Gasteiger partial charge in [-0.05, 0) is 29.3 Å². The van der Waals surface area contributed by atoms with Crippen molar-refractivity contribution in [2.75, 3.05) is 5.73 Å². The van der Waals surface area contributed by atoms with E-state index in [1.54, 1.807) is 22.7 Å². The van der Waals surface area contributed by atoms with Crippen molar-refractivity contribution in [1.29, 1.82) is 5.26 Å². The normalized spacial score (nSPS) is 10.7. The van der Waals surface area contributed by atoms with Crippen LogP contribution >= 0.6 is 45.6 Å². The number of thiophene rings is 3. The van der Waals surface area contributed by atoms with Crippen LogP contribution in [0.2, 0.25) is 5.02 Å². The largest absolute Gasteiger partial charge is 0.396 e. The van der Waals surface area contributed by atoms with Crippen molar-refractivity contribution in [3.05, 3.63) is 38.4 Å². The topological polar surface area (TPSA) is 49.8 Å². The van der Waals surface area contributed by atoms with Gasteiger partial charge in [0.15, 0.2) is 0 Å². The zero-order valence-electron chi connectivity index (χ0n) is 10.4. The third-order valence-electron chi connectivity index (χ3n) is 2.92. The van der Waals surface area contributed by atoms with Crippen molar-refractivity contribution in [1.82, 2.24) is 0 Å². The van der Waals surface area contributed by atoms with Crippen molar-refractivity contribution in [2.24, 2.45) is 0 Å². The summed E-state index contributed by atoms with van der Waals surface area (Å²) < 4.78 is 0. The molecule has 3 aromatic rings. The van der Waals surface area contributed by atoms with Gasteiger partial charge < -0.3 is 5.73 Å². The Morgan fingerprint density at radius 1 is 1.30 bits per heavy atom. The number of hydrogen-bond acceptors (Lipinski definition) is 5. The Morgan fingerprint density at radius 3 is 2.65 bits per heavy atom. The first-order valence-electron chi connectivity index (χ1n) is 5.73. The summed E-state index contributed by atoms with van der Waals surface area (Å²) in [6, 6.07) is 6.17. The highest BCUT2D eigenvalue weighted by molar-refractivity contribution is 7.23. The lowest BCUT2D eigenvalue weighted by molar-refractivity contribution is 1.52. The van der Waals surface area contributed by atoms with Crippen LogP contribution in [-0.2, 0) is 0 Å². The molecule has 0 saturated carbocycles. The highest BCUT2D eigenvalue weighted by Gasteiger charge is 2.22. The Kier molecular flexibility index (Phi) is 3.57. The predicted molar refractivity (Wildman–Crippen MR) is 89.8 cm³/mol. The highest BCUT2D eigenvalue weighted by atomic mass is 35.5. The summed E-state index contributed by atoms with van der Waals surface area (Å²) in [5.41, 5.74) is 8.69. The molecule has 3 rings (SSSR count). The van der Waals surface area contributed by atoms with Crippen LogP contribution < -0.4 is 5.73 Å². The molecule has 6 heteroatoms. The fourth-order valence-corrected chi connectivity index (χ4v) is 5.33. The van der Waals surface area contributed by atoms with E-state index in [1.165, 1.54) is 11.3 Å².